The Morgan fingerprint density at radius 1 is 1.35 bits per heavy atom. The van der Waals surface area contributed by atoms with Crippen molar-refractivity contribution in [3.63, 3.8) is 0 Å². The fraction of sp³-hybridized carbons (Fsp3) is 0.333. The number of nitrogens with zero attached hydrogens (tertiary/aromatic N) is 1. The molecule has 0 bridgehead atoms. The van der Waals surface area contributed by atoms with Crippen molar-refractivity contribution in [2.45, 2.75) is 33.6 Å². The van der Waals surface area contributed by atoms with Crippen molar-refractivity contribution < 1.29 is 9.32 Å². The van der Waals surface area contributed by atoms with Crippen LogP contribution in [0.15, 0.2) is 27.2 Å². The molecule has 0 aliphatic heterocycles. The second-order valence-corrected chi connectivity index (χ2v) is 5.67. The number of rotatable bonds is 4. The molecule has 0 saturated carbocycles. The van der Waals surface area contributed by atoms with Gasteiger partial charge in [-0.15, -0.1) is 0 Å². The van der Waals surface area contributed by atoms with Gasteiger partial charge in [0.05, 0.1) is 5.69 Å². The summed E-state index contributed by atoms with van der Waals surface area (Å²) in [6.07, 6.45) is 1.05. The van der Waals surface area contributed by atoms with Crippen LogP contribution < -0.4 is 5.32 Å². The molecule has 1 heterocycles. The molecule has 0 fully saturated rings. The summed E-state index contributed by atoms with van der Waals surface area (Å²) in [5.74, 6) is 0.772. The van der Waals surface area contributed by atoms with Gasteiger partial charge >= 0.3 is 0 Å². The fourth-order valence-electron chi connectivity index (χ4n) is 1.99. The number of halogens is 1. The van der Waals surface area contributed by atoms with E-state index in [1.807, 2.05) is 39.0 Å². The Morgan fingerprint density at radius 2 is 2.10 bits per heavy atom. The minimum absolute atomic E-state index is 0.0132. The van der Waals surface area contributed by atoms with Crippen LogP contribution in [0.5, 0.6) is 0 Å². The summed E-state index contributed by atoms with van der Waals surface area (Å²) in [5.41, 5.74) is 3.81. The standard InChI is InChI=1S/C15H17BrN2O2/c1-9-4-5-12(8-14(9)16)17-15(19)7-6-13-10(2)18-20-11(13)3/h4-5,8H,6-7H2,1-3H3,(H,17,19). The lowest BCUT2D eigenvalue weighted by Gasteiger charge is -2.07. The number of amides is 1. The molecule has 2 aromatic rings. The predicted molar refractivity (Wildman–Crippen MR) is 81.8 cm³/mol. The van der Waals surface area contributed by atoms with Crippen LogP contribution in [0.4, 0.5) is 5.69 Å². The van der Waals surface area contributed by atoms with Gasteiger partial charge in [-0.3, -0.25) is 4.79 Å². The number of carbonyl (C=O) groups excluding carboxylic acids is 1. The number of aryl methyl sites for hydroxylation is 3. The normalized spacial score (nSPS) is 10.6. The maximum atomic E-state index is 11.9. The van der Waals surface area contributed by atoms with Crippen molar-refractivity contribution >= 4 is 27.5 Å². The molecule has 5 heteroatoms. The number of anilines is 1. The summed E-state index contributed by atoms with van der Waals surface area (Å²) in [7, 11) is 0. The van der Waals surface area contributed by atoms with Gasteiger partial charge in [0.2, 0.25) is 5.91 Å². The van der Waals surface area contributed by atoms with Gasteiger partial charge in [-0.1, -0.05) is 27.2 Å². The molecule has 2 rings (SSSR count). The maximum absolute atomic E-state index is 11.9. The third kappa shape index (κ3) is 3.48. The van der Waals surface area contributed by atoms with Crippen LogP contribution in [0.2, 0.25) is 0 Å². The first-order valence-electron chi connectivity index (χ1n) is 6.45. The van der Waals surface area contributed by atoms with E-state index in [9.17, 15) is 4.79 Å². The highest BCUT2D eigenvalue weighted by Crippen LogP contribution is 2.21. The first-order valence-corrected chi connectivity index (χ1v) is 7.24. The lowest BCUT2D eigenvalue weighted by molar-refractivity contribution is -0.116. The first kappa shape index (κ1) is 14.8. The maximum Gasteiger partial charge on any atom is 0.224 e. The topological polar surface area (TPSA) is 55.1 Å². The number of benzene rings is 1. The SMILES string of the molecule is Cc1ccc(NC(=O)CCc2c(C)noc2C)cc1Br. The van der Waals surface area contributed by atoms with Crippen LogP contribution in [-0.2, 0) is 11.2 Å². The van der Waals surface area contributed by atoms with E-state index in [0.717, 1.165) is 32.7 Å². The number of hydrogen-bond donors (Lipinski definition) is 1. The van der Waals surface area contributed by atoms with Crippen molar-refractivity contribution in [3.8, 4) is 0 Å². The molecular formula is C15H17BrN2O2. The molecule has 0 saturated heterocycles. The molecule has 0 atom stereocenters. The Balaban J connectivity index is 1.94. The van der Waals surface area contributed by atoms with Gasteiger partial charge < -0.3 is 9.84 Å². The highest BCUT2D eigenvalue weighted by Gasteiger charge is 2.11. The van der Waals surface area contributed by atoms with Crippen LogP contribution in [0.25, 0.3) is 0 Å². The van der Waals surface area contributed by atoms with E-state index >= 15 is 0 Å². The van der Waals surface area contributed by atoms with E-state index in [-0.39, 0.29) is 5.91 Å². The van der Waals surface area contributed by atoms with Gasteiger partial charge in [0, 0.05) is 22.1 Å². The molecule has 106 valence electrons. The van der Waals surface area contributed by atoms with Crippen LogP contribution in [0.3, 0.4) is 0 Å². The van der Waals surface area contributed by atoms with Gasteiger partial charge in [-0.2, -0.15) is 0 Å². The molecule has 0 radical (unpaired) electrons. The average Bonchev–Trinajstić information content (AvgIpc) is 2.71. The molecule has 0 aliphatic rings. The number of carbonyl (C=O) groups is 1. The van der Waals surface area contributed by atoms with Crippen molar-refractivity contribution in [3.05, 3.63) is 45.3 Å². The van der Waals surface area contributed by atoms with E-state index in [2.05, 4.69) is 26.4 Å². The van der Waals surface area contributed by atoms with E-state index in [4.69, 9.17) is 4.52 Å². The Kier molecular flexibility index (Phi) is 4.60. The van der Waals surface area contributed by atoms with E-state index in [1.165, 1.54) is 0 Å². The van der Waals surface area contributed by atoms with Gasteiger partial charge in [-0.05, 0) is 44.9 Å². The number of aromatic nitrogens is 1. The minimum Gasteiger partial charge on any atom is -0.361 e. The highest BCUT2D eigenvalue weighted by molar-refractivity contribution is 9.10. The highest BCUT2D eigenvalue weighted by atomic mass is 79.9. The molecule has 1 N–H and O–H groups in total. The first-order chi connectivity index (χ1) is 9.47. The number of hydrogen-bond acceptors (Lipinski definition) is 3. The van der Waals surface area contributed by atoms with Crippen molar-refractivity contribution in [1.29, 1.82) is 0 Å². The predicted octanol–water partition coefficient (Wildman–Crippen LogP) is 3.93. The monoisotopic (exact) mass is 336 g/mol. The summed E-state index contributed by atoms with van der Waals surface area (Å²) in [6.45, 7) is 5.76. The van der Waals surface area contributed by atoms with E-state index in [1.54, 1.807) is 0 Å². The molecule has 4 nitrogen and oxygen atoms in total. The summed E-state index contributed by atoms with van der Waals surface area (Å²) >= 11 is 3.45. The lowest BCUT2D eigenvalue weighted by Crippen LogP contribution is -2.12. The second-order valence-electron chi connectivity index (χ2n) is 4.81. The zero-order chi connectivity index (χ0) is 14.7. The summed E-state index contributed by atoms with van der Waals surface area (Å²) in [5, 5.41) is 6.78. The van der Waals surface area contributed by atoms with Crippen molar-refractivity contribution in [1.82, 2.24) is 5.16 Å². The summed E-state index contributed by atoms with van der Waals surface area (Å²) in [6, 6.07) is 5.77. The van der Waals surface area contributed by atoms with Gasteiger partial charge in [0.1, 0.15) is 5.76 Å². The van der Waals surface area contributed by atoms with Crippen LogP contribution >= 0.6 is 15.9 Å². The molecular weight excluding hydrogens is 320 g/mol. The largest absolute Gasteiger partial charge is 0.361 e. The molecule has 20 heavy (non-hydrogen) atoms. The van der Waals surface area contributed by atoms with Gasteiger partial charge in [-0.25, -0.2) is 0 Å². The number of nitrogens with one attached hydrogen (secondary N) is 1. The third-order valence-electron chi connectivity index (χ3n) is 3.24. The Bertz CT molecular complexity index is 615. The van der Waals surface area contributed by atoms with E-state index < -0.39 is 0 Å². The molecule has 0 spiro atoms. The molecule has 0 unspecified atom stereocenters. The fourth-order valence-corrected chi connectivity index (χ4v) is 2.37. The van der Waals surface area contributed by atoms with Crippen LogP contribution in [-0.4, -0.2) is 11.1 Å². The molecule has 1 aromatic carbocycles. The quantitative estimate of drug-likeness (QED) is 0.920. The van der Waals surface area contributed by atoms with Gasteiger partial charge in [0.25, 0.3) is 0 Å². The average molecular weight is 337 g/mol. The summed E-state index contributed by atoms with van der Waals surface area (Å²) < 4.78 is 6.07. The molecule has 1 amide bonds. The third-order valence-corrected chi connectivity index (χ3v) is 4.09. The Hall–Kier alpha value is -1.62. The van der Waals surface area contributed by atoms with Crippen molar-refractivity contribution in [2.75, 3.05) is 5.32 Å². The van der Waals surface area contributed by atoms with Gasteiger partial charge in [0.15, 0.2) is 0 Å². The zero-order valence-electron chi connectivity index (χ0n) is 11.8. The molecule has 1 aromatic heterocycles. The lowest BCUT2D eigenvalue weighted by atomic mass is 10.1. The van der Waals surface area contributed by atoms with Crippen LogP contribution in [0, 0.1) is 20.8 Å². The Morgan fingerprint density at radius 3 is 2.70 bits per heavy atom. The molecule has 0 aliphatic carbocycles. The summed E-state index contributed by atoms with van der Waals surface area (Å²) in [4.78, 5) is 11.9. The smallest absolute Gasteiger partial charge is 0.224 e. The van der Waals surface area contributed by atoms with Crippen LogP contribution in [0.1, 0.15) is 29.0 Å². The second kappa shape index (κ2) is 6.22. The van der Waals surface area contributed by atoms with Crippen molar-refractivity contribution in [2.24, 2.45) is 0 Å². The minimum atomic E-state index is -0.0132. The van der Waals surface area contributed by atoms with E-state index in [0.29, 0.717) is 12.8 Å². The Labute approximate surface area is 126 Å². The zero-order valence-corrected chi connectivity index (χ0v) is 13.4.